The number of nitrogens with one attached hydrogen (secondary N) is 2. The zero-order valence-electron chi connectivity index (χ0n) is 19.6. The molecule has 5 rings (SSSR count). The van der Waals surface area contributed by atoms with Gasteiger partial charge in [0.25, 0.3) is 0 Å². The second-order valence-corrected chi connectivity index (χ2v) is 10.6. The van der Waals surface area contributed by atoms with E-state index < -0.39 is 0 Å². The van der Waals surface area contributed by atoms with E-state index in [0.29, 0.717) is 13.1 Å². The van der Waals surface area contributed by atoms with E-state index in [1.54, 1.807) is 22.7 Å². The molecule has 0 unspecified atom stereocenters. The molecule has 0 spiro atoms. The van der Waals surface area contributed by atoms with Gasteiger partial charge in [0.15, 0.2) is 0 Å². The number of benzene rings is 2. The Balaban J connectivity index is 0.000000179. The lowest BCUT2D eigenvalue weighted by atomic mass is 10.0. The highest BCUT2D eigenvalue weighted by Crippen LogP contribution is 2.31. The summed E-state index contributed by atoms with van der Waals surface area (Å²) in [4.78, 5) is 25.8. The molecule has 2 amide bonds. The summed E-state index contributed by atoms with van der Waals surface area (Å²) in [5, 5.41) is 7.79. The summed E-state index contributed by atoms with van der Waals surface area (Å²) < 4.78 is 0. The molecule has 0 radical (unpaired) electrons. The molecule has 2 aromatic carbocycles. The van der Waals surface area contributed by atoms with E-state index in [9.17, 15) is 9.59 Å². The lowest BCUT2D eigenvalue weighted by Gasteiger charge is -2.10. The maximum absolute atomic E-state index is 12.0. The molecular weight excluding hydrogens is 472 g/mol. The lowest BCUT2D eigenvalue weighted by molar-refractivity contribution is -0.125. The van der Waals surface area contributed by atoms with Crippen molar-refractivity contribution in [3.63, 3.8) is 0 Å². The predicted molar refractivity (Wildman–Crippen MR) is 146 cm³/mol. The largest absolute Gasteiger partial charge is 0.354 e. The van der Waals surface area contributed by atoms with Crippen molar-refractivity contribution in [1.29, 1.82) is 0 Å². The molecule has 2 aromatic heterocycles. The van der Waals surface area contributed by atoms with E-state index in [4.69, 9.17) is 0 Å². The fourth-order valence-corrected chi connectivity index (χ4v) is 5.93. The summed E-state index contributed by atoms with van der Waals surface area (Å²) in [5.74, 6) is 0.466. The normalized spacial score (nSPS) is 13.0. The average molecular weight is 503 g/mol. The van der Waals surface area contributed by atoms with Crippen molar-refractivity contribution in [3.05, 3.63) is 94.7 Å². The molecule has 6 heteroatoms. The van der Waals surface area contributed by atoms with Crippen LogP contribution in [0.2, 0.25) is 0 Å². The van der Waals surface area contributed by atoms with Gasteiger partial charge >= 0.3 is 0 Å². The van der Waals surface area contributed by atoms with Gasteiger partial charge in [0.05, 0.1) is 6.54 Å². The van der Waals surface area contributed by atoms with E-state index in [1.807, 2.05) is 24.3 Å². The van der Waals surface area contributed by atoms with Crippen molar-refractivity contribution < 1.29 is 9.59 Å². The third-order valence-corrected chi connectivity index (χ3v) is 8.19. The van der Waals surface area contributed by atoms with E-state index in [-0.39, 0.29) is 11.8 Å². The van der Waals surface area contributed by atoms with E-state index in [0.717, 1.165) is 24.8 Å². The SMILES string of the molecule is O=C(NCc1ccc(-c2ccccc2)cc1)C1CCCC1.O=CNCc1ccc(-c2cccs2)s1. The van der Waals surface area contributed by atoms with Crippen LogP contribution in [0.1, 0.15) is 36.1 Å². The topological polar surface area (TPSA) is 58.2 Å². The fraction of sp³-hybridized carbons (Fsp3) is 0.241. The summed E-state index contributed by atoms with van der Waals surface area (Å²) in [5.41, 5.74) is 3.58. The van der Waals surface area contributed by atoms with Gasteiger partial charge in [0.1, 0.15) is 0 Å². The Morgan fingerprint density at radius 1 is 0.829 bits per heavy atom. The summed E-state index contributed by atoms with van der Waals surface area (Å²) in [6.45, 7) is 1.25. The molecule has 1 aliphatic carbocycles. The third-order valence-electron chi connectivity index (χ3n) is 6.04. The molecule has 180 valence electrons. The monoisotopic (exact) mass is 502 g/mol. The molecule has 2 N–H and O–H groups in total. The Morgan fingerprint density at radius 2 is 1.57 bits per heavy atom. The fourth-order valence-electron chi connectivity index (χ4n) is 4.13. The maximum atomic E-state index is 12.0. The lowest BCUT2D eigenvalue weighted by Crippen LogP contribution is -2.28. The molecule has 35 heavy (non-hydrogen) atoms. The van der Waals surface area contributed by atoms with Crippen LogP contribution in [0.15, 0.2) is 84.2 Å². The Bertz CT molecular complexity index is 1180. The van der Waals surface area contributed by atoms with Gasteiger partial charge in [-0.2, -0.15) is 0 Å². The summed E-state index contributed by atoms with van der Waals surface area (Å²) >= 11 is 3.45. The molecule has 0 saturated heterocycles. The second kappa shape index (κ2) is 13.0. The van der Waals surface area contributed by atoms with Crippen molar-refractivity contribution >= 4 is 35.0 Å². The Kier molecular flexibility index (Phi) is 9.26. The highest BCUT2D eigenvalue weighted by atomic mass is 32.1. The molecule has 2 heterocycles. The van der Waals surface area contributed by atoms with Crippen LogP contribution in [0.25, 0.3) is 20.9 Å². The van der Waals surface area contributed by atoms with E-state index >= 15 is 0 Å². The molecule has 1 aliphatic rings. The molecule has 0 bridgehead atoms. The van der Waals surface area contributed by atoms with Crippen molar-refractivity contribution in [2.75, 3.05) is 0 Å². The van der Waals surface area contributed by atoms with Gasteiger partial charge in [-0.15, -0.1) is 22.7 Å². The van der Waals surface area contributed by atoms with Crippen LogP contribution in [-0.4, -0.2) is 12.3 Å². The van der Waals surface area contributed by atoms with Gasteiger partial charge in [-0.3, -0.25) is 9.59 Å². The molecule has 0 atom stereocenters. The average Bonchev–Trinajstić information content (AvgIpc) is 3.70. The van der Waals surface area contributed by atoms with Crippen LogP contribution >= 0.6 is 22.7 Å². The van der Waals surface area contributed by atoms with Crippen molar-refractivity contribution in [1.82, 2.24) is 10.6 Å². The molecule has 4 aromatic rings. The Morgan fingerprint density at radius 3 is 2.26 bits per heavy atom. The number of hydrogen-bond acceptors (Lipinski definition) is 4. The minimum Gasteiger partial charge on any atom is -0.354 e. The standard InChI is InChI=1S/C19H21NO.C10H9NOS2/c21-19(18-8-4-5-9-18)20-14-15-10-12-17(13-11-15)16-6-2-1-3-7-16;12-7-11-6-8-3-4-10(14-8)9-2-1-5-13-9/h1-3,6-7,10-13,18H,4-5,8-9,14H2,(H,20,21);1-5,7H,6H2,(H,11,12). The zero-order valence-corrected chi connectivity index (χ0v) is 21.2. The van der Waals surface area contributed by atoms with Crippen LogP contribution in [0.3, 0.4) is 0 Å². The van der Waals surface area contributed by atoms with Crippen LogP contribution in [-0.2, 0) is 22.7 Å². The summed E-state index contributed by atoms with van der Waals surface area (Å²) in [6, 6.07) is 27.1. The first-order chi connectivity index (χ1) is 17.2. The smallest absolute Gasteiger partial charge is 0.223 e. The van der Waals surface area contributed by atoms with Crippen LogP contribution in [0.4, 0.5) is 0 Å². The van der Waals surface area contributed by atoms with Crippen LogP contribution < -0.4 is 10.6 Å². The number of hydrogen-bond donors (Lipinski definition) is 2. The van der Waals surface area contributed by atoms with Gasteiger partial charge < -0.3 is 10.6 Å². The second-order valence-electron chi connectivity index (χ2n) is 8.50. The third kappa shape index (κ3) is 7.38. The quantitative estimate of drug-likeness (QED) is 0.258. The molecule has 1 saturated carbocycles. The Labute approximate surface area is 215 Å². The van der Waals surface area contributed by atoms with Crippen molar-refractivity contribution in [2.45, 2.75) is 38.8 Å². The van der Waals surface area contributed by atoms with Gasteiger partial charge in [-0.1, -0.05) is 73.5 Å². The highest BCUT2D eigenvalue weighted by molar-refractivity contribution is 7.21. The molecule has 4 nitrogen and oxygen atoms in total. The first-order valence-corrected chi connectivity index (χ1v) is 13.6. The highest BCUT2D eigenvalue weighted by Gasteiger charge is 2.22. The number of rotatable bonds is 8. The number of amides is 2. The first kappa shape index (κ1) is 24.9. The summed E-state index contributed by atoms with van der Waals surface area (Å²) in [6.07, 6.45) is 5.23. The van der Waals surface area contributed by atoms with Gasteiger partial charge in [0.2, 0.25) is 12.3 Å². The number of thiophene rings is 2. The molecule has 0 aliphatic heterocycles. The predicted octanol–water partition coefficient (Wildman–Crippen LogP) is 6.88. The van der Waals surface area contributed by atoms with Crippen LogP contribution in [0.5, 0.6) is 0 Å². The minimum absolute atomic E-state index is 0.222. The van der Waals surface area contributed by atoms with Crippen LogP contribution in [0, 0.1) is 5.92 Å². The number of carbonyl (C=O) groups excluding carboxylic acids is 2. The molecule has 1 fully saturated rings. The van der Waals surface area contributed by atoms with Crippen molar-refractivity contribution in [2.24, 2.45) is 5.92 Å². The molecular formula is C29H30N2O2S2. The summed E-state index contributed by atoms with van der Waals surface area (Å²) in [7, 11) is 0. The van der Waals surface area contributed by atoms with Gasteiger partial charge in [0, 0.05) is 27.1 Å². The van der Waals surface area contributed by atoms with Crippen molar-refractivity contribution in [3.8, 4) is 20.9 Å². The minimum atomic E-state index is 0.222. The zero-order chi connectivity index (χ0) is 24.3. The van der Waals surface area contributed by atoms with E-state index in [1.165, 1.54) is 38.6 Å². The van der Waals surface area contributed by atoms with Gasteiger partial charge in [-0.25, -0.2) is 0 Å². The Hall–Kier alpha value is -3.22. The maximum Gasteiger partial charge on any atom is 0.223 e. The van der Waals surface area contributed by atoms with E-state index in [2.05, 4.69) is 70.6 Å². The number of carbonyl (C=O) groups is 2. The van der Waals surface area contributed by atoms with Gasteiger partial charge in [-0.05, 0) is 53.1 Å². The first-order valence-electron chi connectivity index (χ1n) is 11.9.